The molecule has 1 heterocycles. The molecule has 0 aromatic carbocycles. The van der Waals surface area contributed by atoms with Crippen molar-refractivity contribution in [1.82, 2.24) is 5.32 Å². The van der Waals surface area contributed by atoms with Gasteiger partial charge in [0.2, 0.25) is 0 Å². The lowest BCUT2D eigenvalue weighted by atomic mass is 9.81. The van der Waals surface area contributed by atoms with Gasteiger partial charge in [0.25, 0.3) is 0 Å². The third-order valence-electron chi connectivity index (χ3n) is 4.56. The normalized spacial score (nSPS) is 19.9. The van der Waals surface area contributed by atoms with Crippen molar-refractivity contribution >= 4 is 11.3 Å². The Bertz CT molecular complexity index is 384. The van der Waals surface area contributed by atoms with E-state index in [1.807, 2.05) is 18.4 Å². The Hall–Kier alpha value is -0.380. The van der Waals surface area contributed by atoms with Crippen LogP contribution in [0.15, 0.2) is 11.4 Å². The number of thiophene rings is 1. The molecule has 1 aromatic heterocycles. The molecule has 3 heteroatoms. The summed E-state index contributed by atoms with van der Waals surface area (Å²) in [6, 6.07) is 2.64. The molecule has 1 aliphatic rings. The maximum Gasteiger partial charge on any atom is 0.0794 e. The molecule has 0 bridgehead atoms. The van der Waals surface area contributed by atoms with Crippen LogP contribution < -0.4 is 5.32 Å². The second-order valence-electron chi connectivity index (χ2n) is 5.96. The molecule has 1 aliphatic carbocycles. The molecule has 0 saturated heterocycles. The van der Waals surface area contributed by atoms with Gasteiger partial charge in [-0.05, 0) is 55.7 Å². The van der Waals surface area contributed by atoms with E-state index in [-0.39, 0.29) is 0 Å². The lowest BCUT2D eigenvalue weighted by Crippen LogP contribution is -2.39. The molecule has 0 radical (unpaired) electrons. The maximum absolute atomic E-state index is 5.97. The summed E-state index contributed by atoms with van der Waals surface area (Å²) in [6.07, 6.45) is 8.27. The van der Waals surface area contributed by atoms with E-state index in [1.165, 1.54) is 49.0 Å². The number of aryl methyl sites for hydroxylation is 1. The van der Waals surface area contributed by atoms with Gasteiger partial charge in [-0.1, -0.05) is 26.2 Å². The molecule has 114 valence electrons. The molecule has 1 N–H and O–H groups in total. The molecule has 0 amide bonds. The molecule has 20 heavy (non-hydrogen) atoms. The summed E-state index contributed by atoms with van der Waals surface area (Å²) < 4.78 is 5.97. The zero-order chi connectivity index (χ0) is 14.4. The van der Waals surface area contributed by atoms with Crippen LogP contribution in [0.5, 0.6) is 0 Å². The highest BCUT2D eigenvalue weighted by Gasteiger charge is 2.32. The van der Waals surface area contributed by atoms with Gasteiger partial charge in [-0.25, -0.2) is 0 Å². The molecule has 0 spiro atoms. The Morgan fingerprint density at radius 3 is 2.65 bits per heavy atom. The smallest absolute Gasteiger partial charge is 0.0794 e. The van der Waals surface area contributed by atoms with Gasteiger partial charge in [0.1, 0.15) is 0 Å². The van der Waals surface area contributed by atoms with Gasteiger partial charge in [-0.3, -0.25) is 0 Å². The predicted octanol–water partition coefficient (Wildman–Crippen LogP) is 4.69. The van der Waals surface area contributed by atoms with E-state index < -0.39 is 0 Å². The van der Waals surface area contributed by atoms with Crippen molar-refractivity contribution in [2.45, 2.75) is 64.5 Å². The Labute approximate surface area is 127 Å². The van der Waals surface area contributed by atoms with E-state index in [1.54, 1.807) is 0 Å². The number of hydrogen-bond acceptors (Lipinski definition) is 3. The summed E-state index contributed by atoms with van der Waals surface area (Å²) in [6.45, 7) is 5.52. The summed E-state index contributed by atoms with van der Waals surface area (Å²) in [5.41, 5.74) is 1.45. The van der Waals surface area contributed by atoms with Gasteiger partial charge in [0, 0.05) is 12.0 Å². The summed E-state index contributed by atoms with van der Waals surface area (Å²) in [5.74, 6) is 0.711. The van der Waals surface area contributed by atoms with Crippen molar-refractivity contribution in [2.24, 2.45) is 5.92 Å². The first kappa shape index (κ1) is 16.0. The minimum atomic E-state index is 0.315. The number of rotatable bonds is 7. The van der Waals surface area contributed by atoms with Crippen molar-refractivity contribution in [3.63, 3.8) is 0 Å². The number of methoxy groups -OCH3 is 1. The van der Waals surface area contributed by atoms with Crippen LogP contribution in [-0.2, 0) is 4.74 Å². The highest BCUT2D eigenvalue weighted by atomic mass is 32.1. The third kappa shape index (κ3) is 3.84. The van der Waals surface area contributed by atoms with Gasteiger partial charge in [0.05, 0.1) is 12.1 Å². The molecule has 2 unspecified atom stereocenters. The van der Waals surface area contributed by atoms with Crippen LogP contribution in [0.25, 0.3) is 0 Å². The van der Waals surface area contributed by atoms with Gasteiger partial charge in [-0.2, -0.15) is 0 Å². The van der Waals surface area contributed by atoms with Crippen molar-refractivity contribution < 1.29 is 4.74 Å². The molecule has 0 aliphatic heterocycles. The van der Waals surface area contributed by atoms with E-state index in [0.717, 1.165) is 6.54 Å². The molecule has 2 nitrogen and oxygen atoms in total. The summed E-state index contributed by atoms with van der Waals surface area (Å²) in [4.78, 5) is 1.43. The molecule has 1 fully saturated rings. The van der Waals surface area contributed by atoms with E-state index >= 15 is 0 Å². The van der Waals surface area contributed by atoms with Crippen LogP contribution in [0.3, 0.4) is 0 Å². The number of ether oxygens (including phenoxy) is 1. The van der Waals surface area contributed by atoms with Crippen molar-refractivity contribution in [3.8, 4) is 0 Å². The lowest BCUT2D eigenvalue weighted by molar-refractivity contribution is 0.00753. The standard InChI is InChI=1S/C17H29NOS/c1-4-11-18-16(15-10-12-20-13(15)2)17(19-3)14-8-6-5-7-9-14/h10,12,14,16-18H,4-9,11H2,1-3H3. The van der Waals surface area contributed by atoms with E-state index in [4.69, 9.17) is 4.74 Å². The third-order valence-corrected chi connectivity index (χ3v) is 5.42. The number of nitrogens with one attached hydrogen (secondary N) is 1. The van der Waals surface area contributed by atoms with Gasteiger partial charge in [-0.15, -0.1) is 11.3 Å². The van der Waals surface area contributed by atoms with Gasteiger partial charge >= 0.3 is 0 Å². The molecule has 2 rings (SSSR count). The van der Waals surface area contributed by atoms with Crippen LogP contribution in [0, 0.1) is 12.8 Å². The minimum Gasteiger partial charge on any atom is -0.379 e. The average Bonchev–Trinajstić information content (AvgIpc) is 2.90. The SMILES string of the molecule is CCCNC(c1ccsc1C)C(OC)C1CCCCC1. The van der Waals surface area contributed by atoms with Crippen molar-refractivity contribution in [1.29, 1.82) is 0 Å². The minimum absolute atomic E-state index is 0.315. The van der Waals surface area contributed by atoms with Crippen LogP contribution >= 0.6 is 11.3 Å². The van der Waals surface area contributed by atoms with E-state index in [2.05, 4.69) is 30.6 Å². The van der Waals surface area contributed by atoms with Crippen molar-refractivity contribution in [2.75, 3.05) is 13.7 Å². The van der Waals surface area contributed by atoms with Crippen LogP contribution in [0.1, 0.15) is 61.9 Å². The molecular weight excluding hydrogens is 266 g/mol. The summed E-state index contributed by atoms with van der Waals surface area (Å²) in [7, 11) is 1.89. The van der Waals surface area contributed by atoms with Crippen molar-refractivity contribution in [3.05, 3.63) is 21.9 Å². The second kappa shape index (κ2) is 8.16. The fourth-order valence-electron chi connectivity index (χ4n) is 3.48. The predicted molar refractivity (Wildman–Crippen MR) is 87.5 cm³/mol. The molecular formula is C17H29NOS. The average molecular weight is 295 g/mol. The monoisotopic (exact) mass is 295 g/mol. The Morgan fingerprint density at radius 2 is 2.10 bits per heavy atom. The Balaban J connectivity index is 2.16. The maximum atomic E-state index is 5.97. The summed E-state index contributed by atoms with van der Waals surface area (Å²) >= 11 is 1.85. The molecule has 1 aromatic rings. The van der Waals surface area contributed by atoms with E-state index in [9.17, 15) is 0 Å². The second-order valence-corrected chi connectivity index (χ2v) is 7.08. The van der Waals surface area contributed by atoms with Gasteiger partial charge < -0.3 is 10.1 Å². The highest BCUT2D eigenvalue weighted by Crippen LogP contribution is 2.36. The first-order valence-electron chi connectivity index (χ1n) is 8.08. The fraction of sp³-hybridized carbons (Fsp3) is 0.765. The largest absolute Gasteiger partial charge is 0.379 e. The molecule has 1 saturated carbocycles. The summed E-state index contributed by atoms with van der Waals surface area (Å²) in [5, 5.41) is 5.95. The van der Waals surface area contributed by atoms with Crippen LogP contribution in [0.2, 0.25) is 0 Å². The lowest BCUT2D eigenvalue weighted by Gasteiger charge is -2.35. The molecule has 2 atom stereocenters. The van der Waals surface area contributed by atoms with Crippen LogP contribution in [0.4, 0.5) is 0 Å². The quantitative estimate of drug-likeness (QED) is 0.787. The highest BCUT2D eigenvalue weighted by molar-refractivity contribution is 7.10. The zero-order valence-electron chi connectivity index (χ0n) is 13.2. The Kier molecular flexibility index (Phi) is 6.53. The number of hydrogen-bond donors (Lipinski definition) is 1. The zero-order valence-corrected chi connectivity index (χ0v) is 14.0. The Morgan fingerprint density at radius 1 is 1.35 bits per heavy atom. The first-order valence-corrected chi connectivity index (χ1v) is 8.96. The van der Waals surface area contributed by atoms with Crippen LogP contribution in [-0.4, -0.2) is 19.8 Å². The first-order chi connectivity index (χ1) is 9.77. The van der Waals surface area contributed by atoms with E-state index in [0.29, 0.717) is 18.1 Å². The fourth-order valence-corrected chi connectivity index (χ4v) is 4.23. The van der Waals surface area contributed by atoms with Gasteiger partial charge in [0.15, 0.2) is 0 Å². The topological polar surface area (TPSA) is 21.3 Å².